The summed E-state index contributed by atoms with van der Waals surface area (Å²) in [6, 6.07) is 0. The molecule has 0 radical (unpaired) electrons. The number of hydrogen-bond donors (Lipinski definition) is 1. The van der Waals surface area contributed by atoms with E-state index < -0.39 is 0 Å². The maximum Gasteiger partial charge on any atom is -0.00490 e. The molecule has 12 heavy (non-hydrogen) atoms. The highest BCUT2D eigenvalue weighted by molar-refractivity contribution is 5.85. The third-order valence-electron chi connectivity index (χ3n) is 1.41. The van der Waals surface area contributed by atoms with E-state index in [0.717, 1.165) is 0 Å². The predicted octanol–water partition coefficient (Wildman–Crippen LogP) is 3.62. The van der Waals surface area contributed by atoms with Gasteiger partial charge in [-0.15, -0.1) is 12.4 Å². The molecule has 0 spiro atoms. The summed E-state index contributed by atoms with van der Waals surface area (Å²) in [6.45, 7) is 10.9. The van der Waals surface area contributed by atoms with Crippen molar-refractivity contribution in [1.29, 1.82) is 0 Å². The van der Waals surface area contributed by atoms with Gasteiger partial charge in [-0.2, -0.15) is 0 Å². The Morgan fingerprint density at radius 2 is 1.17 bits per heavy atom. The molecule has 1 nitrogen and oxygen atoms in total. The Hall–Kier alpha value is 0.250. The summed E-state index contributed by atoms with van der Waals surface area (Å²) in [5.41, 5.74) is 0. The highest BCUT2D eigenvalue weighted by atomic mass is 35.5. The summed E-state index contributed by atoms with van der Waals surface area (Å²) in [4.78, 5) is 0. The Balaban J connectivity index is -0.000000249. The van der Waals surface area contributed by atoms with Crippen molar-refractivity contribution in [3.05, 3.63) is 0 Å². The van der Waals surface area contributed by atoms with Gasteiger partial charge in [0.2, 0.25) is 0 Å². The first-order valence-electron chi connectivity index (χ1n) is 5.12. The van der Waals surface area contributed by atoms with Crippen LogP contribution in [0.2, 0.25) is 0 Å². The van der Waals surface area contributed by atoms with E-state index in [2.05, 4.69) is 19.2 Å². The summed E-state index contributed by atoms with van der Waals surface area (Å²) in [5, 5.41) is 3.39. The molecule has 0 heterocycles. The van der Waals surface area contributed by atoms with E-state index in [1.165, 1.54) is 38.8 Å². The molecule has 0 fully saturated rings. The van der Waals surface area contributed by atoms with Crippen molar-refractivity contribution >= 4 is 12.4 Å². The Labute approximate surface area is 84.7 Å². The third kappa shape index (κ3) is 22.5. The van der Waals surface area contributed by atoms with Gasteiger partial charge in [-0.1, -0.05) is 40.5 Å². The van der Waals surface area contributed by atoms with Crippen molar-refractivity contribution in [3.8, 4) is 0 Å². The topological polar surface area (TPSA) is 12.0 Å². The van der Waals surface area contributed by atoms with E-state index in [4.69, 9.17) is 0 Å². The molecular formula is C10H26ClN. The molecule has 2 heteroatoms. The Morgan fingerprint density at radius 3 is 1.42 bits per heavy atom. The van der Waals surface area contributed by atoms with Crippen LogP contribution in [0.3, 0.4) is 0 Å². The Morgan fingerprint density at radius 1 is 0.833 bits per heavy atom. The number of nitrogens with one attached hydrogen (secondary N) is 1. The molecule has 0 aliphatic carbocycles. The molecule has 0 bridgehead atoms. The Bertz CT molecular complexity index is 43.1. The highest BCUT2D eigenvalue weighted by Gasteiger charge is 1.83. The van der Waals surface area contributed by atoms with Gasteiger partial charge in [0.25, 0.3) is 0 Å². The zero-order valence-corrected chi connectivity index (χ0v) is 9.97. The Kier molecular flexibility index (Phi) is 34.0. The van der Waals surface area contributed by atoms with Crippen LogP contribution in [0.15, 0.2) is 0 Å². The SMILES string of the molecule is CC.CCCCNCCCC.Cl. The molecule has 0 aliphatic heterocycles. The normalized spacial score (nSPS) is 8.00. The molecule has 78 valence electrons. The second-order valence-electron chi connectivity index (χ2n) is 2.46. The molecule has 0 aromatic rings. The molecule has 0 rings (SSSR count). The molecule has 0 aromatic carbocycles. The number of unbranched alkanes of at least 4 members (excludes halogenated alkanes) is 2. The lowest BCUT2D eigenvalue weighted by atomic mass is 10.3. The highest BCUT2D eigenvalue weighted by Crippen LogP contribution is 1.85. The average molecular weight is 196 g/mol. The minimum absolute atomic E-state index is 0. The smallest absolute Gasteiger partial charge is 0.00490 e. The van der Waals surface area contributed by atoms with E-state index >= 15 is 0 Å². The van der Waals surface area contributed by atoms with Crippen LogP contribution >= 0.6 is 12.4 Å². The van der Waals surface area contributed by atoms with Crippen molar-refractivity contribution in [2.75, 3.05) is 13.1 Å². The van der Waals surface area contributed by atoms with Crippen LogP contribution in [0, 0.1) is 0 Å². The molecule has 0 saturated carbocycles. The summed E-state index contributed by atoms with van der Waals surface area (Å²) in [7, 11) is 0. The number of halogens is 1. The average Bonchev–Trinajstić information content (AvgIpc) is 2.08. The van der Waals surface area contributed by atoms with Crippen LogP contribution in [0.1, 0.15) is 53.4 Å². The van der Waals surface area contributed by atoms with Crippen LogP contribution < -0.4 is 5.32 Å². The molecule has 0 unspecified atom stereocenters. The van der Waals surface area contributed by atoms with Crippen LogP contribution in [-0.4, -0.2) is 13.1 Å². The minimum Gasteiger partial charge on any atom is -0.317 e. The van der Waals surface area contributed by atoms with Crippen molar-refractivity contribution < 1.29 is 0 Å². The van der Waals surface area contributed by atoms with Gasteiger partial charge in [-0.25, -0.2) is 0 Å². The largest absolute Gasteiger partial charge is 0.317 e. The van der Waals surface area contributed by atoms with Crippen LogP contribution in [0.5, 0.6) is 0 Å². The van der Waals surface area contributed by atoms with Crippen LogP contribution in [0.25, 0.3) is 0 Å². The van der Waals surface area contributed by atoms with Crippen molar-refractivity contribution in [2.24, 2.45) is 0 Å². The maximum absolute atomic E-state index is 3.39. The molecule has 0 aromatic heterocycles. The fraction of sp³-hybridized carbons (Fsp3) is 1.00. The lowest BCUT2D eigenvalue weighted by molar-refractivity contribution is 0.611. The first kappa shape index (κ1) is 18.1. The van der Waals surface area contributed by atoms with Gasteiger partial charge in [-0.3, -0.25) is 0 Å². The standard InChI is InChI=1S/C8H19N.C2H6.ClH/c1-3-5-7-9-8-6-4-2;1-2;/h9H,3-8H2,1-2H3;1-2H3;1H. The second kappa shape index (κ2) is 22.5. The fourth-order valence-corrected chi connectivity index (χ4v) is 0.729. The van der Waals surface area contributed by atoms with Crippen molar-refractivity contribution in [3.63, 3.8) is 0 Å². The van der Waals surface area contributed by atoms with Gasteiger partial charge in [-0.05, 0) is 25.9 Å². The van der Waals surface area contributed by atoms with Gasteiger partial charge in [0, 0.05) is 0 Å². The molecule has 0 aliphatic rings. The summed E-state index contributed by atoms with van der Waals surface area (Å²) >= 11 is 0. The van der Waals surface area contributed by atoms with Gasteiger partial charge < -0.3 is 5.32 Å². The summed E-state index contributed by atoms with van der Waals surface area (Å²) in [6.07, 6.45) is 5.26. The summed E-state index contributed by atoms with van der Waals surface area (Å²) in [5.74, 6) is 0. The van der Waals surface area contributed by atoms with E-state index in [9.17, 15) is 0 Å². The lowest BCUT2D eigenvalue weighted by Crippen LogP contribution is -2.15. The van der Waals surface area contributed by atoms with Gasteiger partial charge >= 0.3 is 0 Å². The van der Waals surface area contributed by atoms with Gasteiger partial charge in [0.05, 0.1) is 0 Å². The van der Waals surface area contributed by atoms with E-state index in [1.807, 2.05) is 13.8 Å². The van der Waals surface area contributed by atoms with E-state index in [0.29, 0.717) is 0 Å². The molecule has 0 amide bonds. The zero-order valence-electron chi connectivity index (χ0n) is 9.15. The molecular weight excluding hydrogens is 170 g/mol. The third-order valence-corrected chi connectivity index (χ3v) is 1.41. The molecule has 1 N–H and O–H groups in total. The maximum atomic E-state index is 3.39. The van der Waals surface area contributed by atoms with Gasteiger partial charge in [0.1, 0.15) is 0 Å². The first-order chi connectivity index (χ1) is 5.41. The number of rotatable bonds is 6. The summed E-state index contributed by atoms with van der Waals surface area (Å²) < 4.78 is 0. The second-order valence-corrected chi connectivity index (χ2v) is 2.46. The van der Waals surface area contributed by atoms with Crippen LogP contribution in [-0.2, 0) is 0 Å². The number of hydrogen-bond acceptors (Lipinski definition) is 1. The van der Waals surface area contributed by atoms with Crippen molar-refractivity contribution in [2.45, 2.75) is 53.4 Å². The zero-order chi connectivity index (χ0) is 8.95. The predicted molar refractivity (Wildman–Crippen MR) is 61.3 cm³/mol. The monoisotopic (exact) mass is 195 g/mol. The van der Waals surface area contributed by atoms with Crippen molar-refractivity contribution in [1.82, 2.24) is 5.32 Å². The molecule has 0 atom stereocenters. The van der Waals surface area contributed by atoms with E-state index in [-0.39, 0.29) is 12.4 Å². The fourth-order valence-electron chi connectivity index (χ4n) is 0.729. The lowest BCUT2D eigenvalue weighted by Gasteiger charge is -1.99. The first-order valence-corrected chi connectivity index (χ1v) is 5.12. The van der Waals surface area contributed by atoms with E-state index in [1.54, 1.807) is 0 Å². The van der Waals surface area contributed by atoms with Gasteiger partial charge in [0.15, 0.2) is 0 Å². The minimum atomic E-state index is 0. The quantitative estimate of drug-likeness (QED) is 0.639. The van der Waals surface area contributed by atoms with Crippen LogP contribution in [0.4, 0.5) is 0 Å². The molecule has 0 saturated heterocycles.